The second-order valence-corrected chi connectivity index (χ2v) is 7.20. The molecule has 2 heterocycles. The quantitative estimate of drug-likeness (QED) is 0.900. The Hall–Kier alpha value is -1.25. The van der Waals surface area contributed by atoms with Gasteiger partial charge in [-0.15, -0.1) is 0 Å². The average Bonchev–Trinajstić information content (AvgIpc) is 2.92. The molecule has 1 aromatic heterocycles. The Kier molecular flexibility index (Phi) is 3.86. The second-order valence-electron chi connectivity index (χ2n) is 7.20. The van der Waals surface area contributed by atoms with Crippen molar-refractivity contribution >= 4 is 11.5 Å². The Morgan fingerprint density at radius 3 is 2.65 bits per heavy atom. The molecule has 3 rings (SSSR count). The summed E-state index contributed by atoms with van der Waals surface area (Å²) in [6.45, 7) is 7.10. The molecule has 1 saturated carbocycles. The van der Waals surface area contributed by atoms with E-state index >= 15 is 0 Å². The molecular weight excluding hydrogens is 246 g/mol. The minimum absolute atomic E-state index is 0.485. The Morgan fingerprint density at radius 2 is 2.00 bits per heavy atom. The number of nitrogens with one attached hydrogen (secondary N) is 1. The van der Waals surface area contributed by atoms with Crippen LogP contribution in [0.1, 0.15) is 52.4 Å². The Labute approximate surface area is 122 Å². The zero-order chi connectivity index (χ0) is 14.0. The molecule has 0 spiro atoms. The van der Waals surface area contributed by atoms with Gasteiger partial charge in [0.25, 0.3) is 0 Å². The number of anilines is 2. The Morgan fingerprint density at radius 1 is 1.20 bits per heavy atom. The van der Waals surface area contributed by atoms with Crippen molar-refractivity contribution in [3.05, 3.63) is 18.3 Å². The van der Waals surface area contributed by atoms with Crippen LogP contribution in [0.15, 0.2) is 18.3 Å². The molecule has 1 aliphatic heterocycles. The lowest BCUT2D eigenvalue weighted by molar-refractivity contribution is 0.229. The maximum atomic E-state index is 4.63. The minimum Gasteiger partial charge on any atom is -0.381 e. The van der Waals surface area contributed by atoms with Crippen molar-refractivity contribution in [2.75, 3.05) is 23.3 Å². The van der Waals surface area contributed by atoms with Gasteiger partial charge < -0.3 is 10.2 Å². The molecule has 2 fully saturated rings. The topological polar surface area (TPSA) is 28.2 Å². The average molecular weight is 273 g/mol. The first-order chi connectivity index (χ1) is 9.62. The van der Waals surface area contributed by atoms with Crippen LogP contribution >= 0.6 is 0 Å². The molecule has 0 amide bonds. The lowest BCUT2D eigenvalue weighted by Crippen LogP contribution is -2.31. The van der Waals surface area contributed by atoms with Crippen LogP contribution < -0.4 is 10.2 Å². The van der Waals surface area contributed by atoms with Gasteiger partial charge in [0.1, 0.15) is 5.82 Å². The van der Waals surface area contributed by atoms with Crippen molar-refractivity contribution in [3.8, 4) is 0 Å². The zero-order valence-electron chi connectivity index (χ0n) is 12.9. The van der Waals surface area contributed by atoms with Gasteiger partial charge in [-0.2, -0.15) is 0 Å². The van der Waals surface area contributed by atoms with Gasteiger partial charge >= 0.3 is 0 Å². The fraction of sp³-hybridized carbons (Fsp3) is 0.706. The SMILES string of the molecule is CC1(C)CCCC(Nc2ccc(N3CCCC3)nc2)C1. The molecule has 1 aliphatic carbocycles. The van der Waals surface area contributed by atoms with E-state index in [1.807, 2.05) is 6.20 Å². The van der Waals surface area contributed by atoms with Crippen molar-refractivity contribution in [1.82, 2.24) is 4.98 Å². The van der Waals surface area contributed by atoms with E-state index in [2.05, 4.69) is 41.2 Å². The zero-order valence-corrected chi connectivity index (χ0v) is 12.9. The molecule has 0 radical (unpaired) electrons. The van der Waals surface area contributed by atoms with Gasteiger partial charge in [-0.25, -0.2) is 4.98 Å². The van der Waals surface area contributed by atoms with Crippen LogP contribution in [-0.2, 0) is 0 Å². The van der Waals surface area contributed by atoms with Crippen LogP contribution in [0.3, 0.4) is 0 Å². The van der Waals surface area contributed by atoms with E-state index < -0.39 is 0 Å². The maximum Gasteiger partial charge on any atom is 0.128 e. The summed E-state index contributed by atoms with van der Waals surface area (Å²) in [6, 6.07) is 4.97. The normalized spacial score (nSPS) is 25.7. The first-order valence-electron chi connectivity index (χ1n) is 8.10. The number of nitrogens with zero attached hydrogens (tertiary/aromatic N) is 2. The molecule has 1 N–H and O–H groups in total. The highest BCUT2D eigenvalue weighted by Crippen LogP contribution is 2.36. The number of hydrogen-bond donors (Lipinski definition) is 1. The van der Waals surface area contributed by atoms with Crippen molar-refractivity contribution in [3.63, 3.8) is 0 Å². The van der Waals surface area contributed by atoms with E-state index in [1.54, 1.807) is 0 Å². The van der Waals surface area contributed by atoms with Gasteiger partial charge in [0, 0.05) is 19.1 Å². The summed E-state index contributed by atoms with van der Waals surface area (Å²) in [5.74, 6) is 1.14. The molecule has 3 nitrogen and oxygen atoms in total. The highest BCUT2D eigenvalue weighted by Gasteiger charge is 2.27. The van der Waals surface area contributed by atoms with E-state index in [0.717, 1.165) is 18.9 Å². The molecule has 0 aromatic carbocycles. The van der Waals surface area contributed by atoms with Crippen molar-refractivity contribution < 1.29 is 0 Å². The smallest absolute Gasteiger partial charge is 0.128 e. The summed E-state index contributed by atoms with van der Waals surface area (Å²) < 4.78 is 0. The monoisotopic (exact) mass is 273 g/mol. The first-order valence-corrected chi connectivity index (χ1v) is 8.10. The molecular formula is C17H27N3. The summed E-state index contributed by atoms with van der Waals surface area (Å²) in [7, 11) is 0. The van der Waals surface area contributed by atoms with E-state index in [1.165, 1.54) is 44.2 Å². The number of hydrogen-bond acceptors (Lipinski definition) is 3. The summed E-state index contributed by atoms with van der Waals surface area (Å²) in [5.41, 5.74) is 1.66. The van der Waals surface area contributed by atoms with Gasteiger partial charge in [0.15, 0.2) is 0 Å². The molecule has 1 saturated heterocycles. The molecule has 20 heavy (non-hydrogen) atoms. The van der Waals surface area contributed by atoms with Crippen LogP contribution in [0.2, 0.25) is 0 Å². The highest BCUT2D eigenvalue weighted by molar-refractivity contribution is 5.49. The Balaban J connectivity index is 1.60. The summed E-state index contributed by atoms with van der Waals surface area (Å²) in [6.07, 6.45) is 9.87. The van der Waals surface area contributed by atoms with E-state index in [4.69, 9.17) is 0 Å². The fourth-order valence-electron chi connectivity index (χ4n) is 3.66. The lowest BCUT2D eigenvalue weighted by Gasteiger charge is -2.36. The lowest BCUT2D eigenvalue weighted by atomic mass is 9.75. The second kappa shape index (κ2) is 5.63. The Bertz CT molecular complexity index is 432. The van der Waals surface area contributed by atoms with Gasteiger partial charge in [-0.1, -0.05) is 20.3 Å². The fourth-order valence-corrected chi connectivity index (χ4v) is 3.66. The maximum absolute atomic E-state index is 4.63. The summed E-state index contributed by atoms with van der Waals surface area (Å²) in [5, 5.41) is 3.67. The largest absolute Gasteiger partial charge is 0.381 e. The third-order valence-corrected chi connectivity index (χ3v) is 4.75. The van der Waals surface area contributed by atoms with Gasteiger partial charge in [0.05, 0.1) is 11.9 Å². The van der Waals surface area contributed by atoms with E-state index in [0.29, 0.717) is 11.5 Å². The predicted octanol–water partition coefficient (Wildman–Crippen LogP) is 4.06. The van der Waals surface area contributed by atoms with Crippen LogP contribution in [0, 0.1) is 5.41 Å². The molecule has 1 aromatic rings. The van der Waals surface area contributed by atoms with Gasteiger partial charge in [-0.3, -0.25) is 0 Å². The number of aromatic nitrogens is 1. The summed E-state index contributed by atoms with van der Waals surface area (Å²) >= 11 is 0. The number of pyridine rings is 1. The van der Waals surface area contributed by atoms with Crippen LogP contribution in [-0.4, -0.2) is 24.1 Å². The first kappa shape index (κ1) is 13.7. The van der Waals surface area contributed by atoms with Crippen LogP contribution in [0.25, 0.3) is 0 Å². The van der Waals surface area contributed by atoms with Crippen LogP contribution in [0.5, 0.6) is 0 Å². The molecule has 2 aliphatic rings. The minimum atomic E-state index is 0.485. The number of rotatable bonds is 3. The molecule has 1 atom stereocenters. The standard InChI is InChI=1S/C17H27N3/c1-17(2)9-5-6-14(12-17)19-15-7-8-16(18-13-15)20-10-3-4-11-20/h7-8,13-14,19H,3-6,9-12H2,1-2H3. The molecule has 3 heteroatoms. The van der Waals surface area contributed by atoms with Crippen molar-refractivity contribution in [2.45, 2.75) is 58.4 Å². The van der Waals surface area contributed by atoms with Gasteiger partial charge in [0.2, 0.25) is 0 Å². The highest BCUT2D eigenvalue weighted by atomic mass is 15.2. The van der Waals surface area contributed by atoms with E-state index in [9.17, 15) is 0 Å². The third-order valence-electron chi connectivity index (χ3n) is 4.75. The predicted molar refractivity (Wildman–Crippen MR) is 85.3 cm³/mol. The van der Waals surface area contributed by atoms with Gasteiger partial charge in [-0.05, 0) is 49.7 Å². The molecule has 1 unspecified atom stereocenters. The van der Waals surface area contributed by atoms with Crippen molar-refractivity contribution in [1.29, 1.82) is 0 Å². The summed E-state index contributed by atoms with van der Waals surface area (Å²) in [4.78, 5) is 7.01. The van der Waals surface area contributed by atoms with Crippen molar-refractivity contribution in [2.24, 2.45) is 5.41 Å². The third kappa shape index (κ3) is 3.25. The van der Waals surface area contributed by atoms with E-state index in [-0.39, 0.29) is 0 Å². The molecule has 110 valence electrons. The van der Waals surface area contributed by atoms with Crippen LogP contribution in [0.4, 0.5) is 11.5 Å². The molecule has 0 bridgehead atoms.